The number of benzene rings is 1. The third-order valence-corrected chi connectivity index (χ3v) is 5.01. The molecule has 9 nitrogen and oxygen atoms in total. The maximum Gasteiger partial charge on any atom is 0.289 e. The SMILES string of the molecule is O=C(NCCNS(=O)(=O)c1ccccc1[N+](=O)[O-])C1CCNC1. The molecule has 0 bridgehead atoms. The van der Waals surface area contributed by atoms with Crippen LogP contribution in [0.1, 0.15) is 6.42 Å². The predicted molar refractivity (Wildman–Crippen MR) is 82.3 cm³/mol. The van der Waals surface area contributed by atoms with Gasteiger partial charge in [0.25, 0.3) is 5.69 Å². The molecule has 2 rings (SSSR count). The Kier molecular flexibility index (Phi) is 5.64. The van der Waals surface area contributed by atoms with Crippen LogP contribution in [0.2, 0.25) is 0 Å². The molecule has 1 aliphatic heterocycles. The highest BCUT2D eigenvalue weighted by Gasteiger charge is 2.25. The molecule has 10 heteroatoms. The average Bonchev–Trinajstić information content (AvgIpc) is 3.06. The first kappa shape index (κ1) is 17.3. The summed E-state index contributed by atoms with van der Waals surface area (Å²) < 4.78 is 26.5. The third kappa shape index (κ3) is 4.47. The second-order valence-electron chi connectivity index (χ2n) is 5.10. The van der Waals surface area contributed by atoms with Gasteiger partial charge in [0.2, 0.25) is 15.9 Å². The van der Waals surface area contributed by atoms with Crippen LogP contribution in [-0.4, -0.2) is 45.4 Å². The summed E-state index contributed by atoms with van der Waals surface area (Å²) in [5, 5.41) is 16.6. The highest BCUT2D eigenvalue weighted by atomic mass is 32.2. The minimum absolute atomic E-state index is 0.0414. The molecule has 1 aromatic carbocycles. The molecule has 1 saturated heterocycles. The quantitative estimate of drug-likeness (QED) is 0.351. The van der Waals surface area contributed by atoms with E-state index in [0.717, 1.165) is 19.0 Å². The lowest BCUT2D eigenvalue weighted by Gasteiger charge is -2.11. The van der Waals surface area contributed by atoms with E-state index in [-0.39, 0.29) is 24.9 Å². The summed E-state index contributed by atoms with van der Waals surface area (Å²) in [4.78, 5) is 21.5. The Labute approximate surface area is 133 Å². The molecule has 1 fully saturated rings. The van der Waals surface area contributed by atoms with Gasteiger partial charge in [-0.1, -0.05) is 12.1 Å². The number of hydrogen-bond acceptors (Lipinski definition) is 6. The largest absolute Gasteiger partial charge is 0.355 e. The van der Waals surface area contributed by atoms with Crippen molar-refractivity contribution in [2.24, 2.45) is 5.92 Å². The molecule has 0 aliphatic carbocycles. The van der Waals surface area contributed by atoms with Gasteiger partial charge in [-0.2, -0.15) is 0 Å². The van der Waals surface area contributed by atoms with Crippen molar-refractivity contribution >= 4 is 21.6 Å². The number of nitrogens with zero attached hydrogens (tertiary/aromatic N) is 1. The lowest BCUT2D eigenvalue weighted by atomic mass is 10.1. The molecule has 0 saturated carbocycles. The topological polar surface area (TPSA) is 130 Å². The van der Waals surface area contributed by atoms with Gasteiger partial charge in [0.05, 0.1) is 10.8 Å². The van der Waals surface area contributed by atoms with Gasteiger partial charge < -0.3 is 10.6 Å². The number of nitro benzene ring substituents is 1. The number of para-hydroxylation sites is 1. The molecule has 0 aromatic heterocycles. The molecule has 0 radical (unpaired) electrons. The van der Waals surface area contributed by atoms with Gasteiger partial charge in [-0.3, -0.25) is 14.9 Å². The first-order chi connectivity index (χ1) is 10.9. The molecular weight excluding hydrogens is 324 g/mol. The molecule has 1 amide bonds. The van der Waals surface area contributed by atoms with E-state index in [1.165, 1.54) is 18.2 Å². The van der Waals surface area contributed by atoms with E-state index >= 15 is 0 Å². The molecule has 1 heterocycles. The molecule has 0 spiro atoms. The first-order valence-corrected chi connectivity index (χ1v) is 8.61. The average molecular weight is 342 g/mol. The van der Waals surface area contributed by atoms with Gasteiger partial charge in [0.15, 0.2) is 4.90 Å². The van der Waals surface area contributed by atoms with Crippen molar-refractivity contribution in [1.82, 2.24) is 15.4 Å². The summed E-state index contributed by atoms with van der Waals surface area (Å²) in [6.45, 7) is 1.49. The molecule has 1 atom stereocenters. The molecule has 1 aromatic rings. The second-order valence-corrected chi connectivity index (χ2v) is 6.84. The zero-order valence-electron chi connectivity index (χ0n) is 12.3. The second kappa shape index (κ2) is 7.49. The fraction of sp³-hybridized carbons (Fsp3) is 0.462. The minimum atomic E-state index is -4.01. The number of hydrogen-bond donors (Lipinski definition) is 3. The molecule has 1 aliphatic rings. The highest BCUT2D eigenvalue weighted by Crippen LogP contribution is 2.22. The van der Waals surface area contributed by atoms with Crippen molar-refractivity contribution < 1.29 is 18.1 Å². The molecule has 3 N–H and O–H groups in total. The van der Waals surface area contributed by atoms with Crippen LogP contribution in [0.3, 0.4) is 0 Å². The van der Waals surface area contributed by atoms with E-state index in [1.807, 2.05) is 0 Å². The van der Waals surface area contributed by atoms with Crippen LogP contribution in [0.4, 0.5) is 5.69 Å². The van der Waals surface area contributed by atoms with Crippen LogP contribution in [0.15, 0.2) is 29.2 Å². The van der Waals surface area contributed by atoms with Crippen molar-refractivity contribution in [3.8, 4) is 0 Å². The number of carbonyl (C=O) groups excluding carboxylic acids is 1. The fourth-order valence-corrected chi connectivity index (χ4v) is 3.51. The standard InChI is InChI=1S/C13H18N4O5S/c18-13(10-5-6-14-9-10)15-7-8-16-23(21,22)12-4-2-1-3-11(12)17(19)20/h1-4,10,14,16H,5-9H2,(H,15,18). The minimum Gasteiger partial charge on any atom is -0.355 e. The molecular formula is C13H18N4O5S. The van der Waals surface area contributed by atoms with Crippen molar-refractivity contribution in [2.75, 3.05) is 26.2 Å². The zero-order chi connectivity index (χ0) is 16.9. The predicted octanol–water partition coefficient (Wildman–Crippen LogP) is -0.401. The molecule has 126 valence electrons. The van der Waals surface area contributed by atoms with Gasteiger partial charge in [0.1, 0.15) is 0 Å². The number of nitro groups is 1. The van der Waals surface area contributed by atoms with Crippen LogP contribution in [0, 0.1) is 16.0 Å². The summed E-state index contributed by atoms with van der Waals surface area (Å²) in [5.41, 5.74) is -0.485. The zero-order valence-corrected chi connectivity index (χ0v) is 13.1. The smallest absolute Gasteiger partial charge is 0.289 e. The van der Waals surface area contributed by atoms with E-state index in [4.69, 9.17) is 0 Å². The molecule has 23 heavy (non-hydrogen) atoms. The van der Waals surface area contributed by atoms with Gasteiger partial charge in [-0.15, -0.1) is 0 Å². The van der Waals surface area contributed by atoms with E-state index in [2.05, 4.69) is 15.4 Å². The van der Waals surface area contributed by atoms with Crippen molar-refractivity contribution in [3.05, 3.63) is 34.4 Å². The maximum absolute atomic E-state index is 12.1. The van der Waals surface area contributed by atoms with E-state index in [1.54, 1.807) is 0 Å². The van der Waals surface area contributed by atoms with Crippen molar-refractivity contribution in [1.29, 1.82) is 0 Å². The van der Waals surface area contributed by atoms with Crippen LogP contribution in [0.5, 0.6) is 0 Å². The maximum atomic E-state index is 12.1. The first-order valence-electron chi connectivity index (χ1n) is 7.13. The lowest BCUT2D eigenvalue weighted by Crippen LogP contribution is -2.38. The van der Waals surface area contributed by atoms with E-state index < -0.39 is 25.5 Å². The Morgan fingerprint density at radius 3 is 2.74 bits per heavy atom. The van der Waals surface area contributed by atoms with Gasteiger partial charge >= 0.3 is 0 Å². The Morgan fingerprint density at radius 1 is 1.35 bits per heavy atom. The van der Waals surface area contributed by atoms with Crippen molar-refractivity contribution in [2.45, 2.75) is 11.3 Å². The van der Waals surface area contributed by atoms with Crippen LogP contribution >= 0.6 is 0 Å². The van der Waals surface area contributed by atoms with Crippen LogP contribution < -0.4 is 15.4 Å². The third-order valence-electron chi connectivity index (χ3n) is 3.50. The Balaban J connectivity index is 1.89. The Hall–Kier alpha value is -2.04. The van der Waals surface area contributed by atoms with E-state index in [9.17, 15) is 23.3 Å². The van der Waals surface area contributed by atoms with Gasteiger partial charge in [0, 0.05) is 25.7 Å². The summed E-state index contributed by atoms with van der Waals surface area (Å²) in [6, 6.07) is 5.11. The van der Waals surface area contributed by atoms with Gasteiger partial charge in [-0.25, -0.2) is 13.1 Å². The van der Waals surface area contributed by atoms with Gasteiger partial charge in [-0.05, 0) is 19.0 Å². The number of amides is 1. The highest BCUT2D eigenvalue weighted by molar-refractivity contribution is 7.89. The van der Waals surface area contributed by atoms with E-state index in [0.29, 0.717) is 6.54 Å². The number of sulfonamides is 1. The summed E-state index contributed by atoms with van der Waals surface area (Å²) in [7, 11) is -4.01. The summed E-state index contributed by atoms with van der Waals surface area (Å²) in [5.74, 6) is -0.221. The van der Waals surface area contributed by atoms with Crippen LogP contribution in [0.25, 0.3) is 0 Å². The number of carbonyl (C=O) groups is 1. The fourth-order valence-electron chi connectivity index (χ4n) is 2.31. The monoisotopic (exact) mass is 342 g/mol. The Bertz CT molecular complexity index is 685. The summed E-state index contributed by atoms with van der Waals surface area (Å²) >= 11 is 0. The van der Waals surface area contributed by atoms with Crippen molar-refractivity contribution in [3.63, 3.8) is 0 Å². The summed E-state index contributed by atoms with van der Waals surface area (Å²) in [6.07, 6.45) is 0.758. The number of rotatable bonds is 7. The Morgan fingerprint density at radius 2 is 2.09 bits per heavy atom. The number of nitrogens with one attached hydrogen (secondary N) is 3. The van der Waals surface area contributed by atoms with Crippen LogP contribution in [-0.2, 0) is 14.8 Å². The lowest BCUT2D eigenvalue weighted by molar-refractivity contribution is -0.387. The normalized spacial score (nSPS) is 17.8. The molecule has 1 unspecified atom stereocenters.